The van der Waals surface area contributed by atoms with Crippen molar-refractivity contribution in [3.8, 4) is 0 Å². The monoisotopic (exact) mass is 395 g/mol. The van der Waals surface area contributed by atoms with Crippen molar-refractivity contribution in [3.05, 3.63) is 47.2 Å². The van der Waals surface area contributed by atoms with Gasteiger partial charge in [-0.2, -0.15) is 10.1 Å². The van der Waals surface area contributed by atoms with Crippen molar-refractivity contribution in [2.45, 2.75) is 32.1 Å². The first-order chi connectivity index (χ1) is 13.1. The number of hydrogen-bond donors (Lipinski definition) is 1. The van der Waals surface area contributed by atoms with Crippen LogP contribution in [0.4, 0.5) is 19.1 Å². The summed E-state index contributed by atoms with van der Waals surface area (Å²) in [6.45, 7) is 0.161. The average molecular weight is 396 g/mol. The molecule has 2 heterocycles. The highest BCUT2D eigenvalue weighted by Gasteiger charge is 2.34. The number of nitrogens with zero attached hydrogens (tertiary/aromatic N) is 4. The molecule has 142 valence electrons. The second kappa shape index (κ2) is 7.34. The average Bonchev–Trinajstić information content (AvgIpc) is 3.17. The van der Waals surface area contributed by atoms with Gasteiger partial charge in [-0.25, -0.2) is 18.3 Å². The number of rotatable bonds is 3. The largest absolute Gasteiger partial charge is 0.294 e. The molecule has 5 nitrogen and oxygen atoms in total. The fourth-order valence-corrected chi connectivity index (χ4v) is 4.10. The maximum absolute atomic E-state index is 14.6. The fraction of sp³-hybridized carbons (Fsp3) is 0.389. The Kier molecular flexibility index (Phi) is 4.90. The van der Waals surface area contributed by atoms with Crippen molar-refractivity contribution in [2.24, 2.45) is 10.9 Å². The summed E-state index contributed by atoms with van der Waals surface area (Å²) in [5, 5.41) is 6.64. The Morgan fingerprint density at radius 2 is 1.78 bits per heavy atom. The highest BCUT2D eigenvalue weighted by molar-refractivity contribution is 6.76. The minimum absolute atomic E-state index is 0.00995. The van der Waals surface area contributed by atoms with Gasteiger partial charge in [0.2, 0.25) is 5.95 Å². The van der Waals surface area contributed by atoms with Crippen molar-refractivity contribution < 1.29 is 13.2 Å². The molecule has 27 heavy (non-hydrogen) atoms. The van der Waals surface area contributed by atoms with Gasteiger partial charge in [0.1, 0.15) is 35.6 Å². The molecule has 1 aromatic carbocycles. The first-order valence-corrected chi connectivity index (χ1v) is 9.16. The van der Waals surface area contributed by atoms with E-state index in [1.165, 1.54) is 6.33 Å². The molecule has 1 aliphatic carbocycles. The quantitative estimate of drug-likeness (QED) is 0.824. The Morgan fingerprint density at radius 1 is 1.07 bits per heavy atom. The normalized spacial score (nSPS) is 18.8. The molecule has 0 radical (unpaired) electrons. The molecular weight excluding hydrogens is 379 g/mol. The number of benzene rings is 1. The number of nitrogens with one attached hydrogen (secondary N) is 1. The Bertz CT molecular complexity index is 881. The van der Waals surface area contributed by atoms with E-state index in [0.717, 1.165) is 32.1 Å². The second-order valence-electron chi connectivity index (χ2n) is 6.67. The van der Waals surface area contributed by atoms with Gasteiger partial charge < -0.3 is 0 Å². The van der Waals surface area contributed by atoms with Crippen LogP contribution in [0.5, 0.6) is 0 Å². The second-order valence-corrected chi connectivity index (χ2v) is 7.03. The molecule has 1 saturated carbocycles. The molecule has 4 rings (SSSR count). The van der Waals surface area contributed by atoms with Gasteiger partial charge in [0.25, 0.3) is 0 Å². The third kappa shape index (κ3) is 3.34. The predicted molar refractivity (Wildman–Crippen MR) is 96.8 cm³/mol. The number of aliphatic imine (C=N–C) groups is 1. The lowest BCUT2D eigenvalue weighted by Crippen LogP contribution is -2.35. The van der Waals surface area contributed by atoms with Crippen molar-refractivity contribution in [2.75, 3.05) is 11.6 Å². The highest BCUT2D eigenvalue weighted by Crippen LogP contribution is 2.41. The van der Waals surface area contributed by atoms with E-state index in [1.54, 1.807) is 4.90 Å². The summed E-state index contributed by atoms with van der Waals surface area (Å²) >= 11 is 6.33. The minimum Gasteiger partial charge on any atom is -0.294 e. The molecule has 0 spiro atoms. The molecule has 0 saturated heterocycles. The van der Waals surface area contributed by atoms with Crippen LogP contribution in [0.2, 0.25) is 0 Å². The molecule has 0 unspecified atom stereocenters. The summed E-state index contributed by atoms with van der Waals surface area (Å²) in [5.74, 6) is -2.55. The van der Waals surface area contributed by atoms with Gasteiger partial charge in [-0.3, -0.25) is 9.89 Å². The van der Waals surface area contributed by atoms with Gasteiger partial charge in [0, 0.05) is 29.3 Å². The number of hydrogen-bond acceptors (Lipinski definition) is 4. The van der Waals surface area contributed by atoms with Crippen LogP contribution in [0, 0.1) is 23.4 Å². The third-order valence-electron chi connectivity index (χ3n) is 5.01. The molecule has 1 aromatic heterocycles. The SMILES string of the molecule is Fc1cc(F)c(C2=C(C3CCCCC3)N(c3ncn[nH]3)CN=C2Cl)c(F)c1. The zero-order valence-corrected chi connectivity index (χ0v) is 15.1. The molecule has 9 heteroatoms. The maximum atomic E-state index is 14.6. The van der Waals surface area contributed by atoms with Crippen molar-refractivity contribution in [1.82, 2.24) is 15.2 Å². The summed E-state index contributed by atoms with van der Waals surface area (Å²) in [5.41, 5.74) is 0.437. The fourth-order valence-electron chi connectivity index (χ4n) is 3.85. The van der Waals surface area contributed by atoms with E-state index in [9.17, 15) is 13.2 Å². The van der Waals surface area contributed by atoms with Crippen LogP contribution in [0.1, 0.15) is 37.7 Å². The van der Waals surface area contributed by atoms with Crippen LogP contribution < -0.4 is 4.90 Å². The van der Waals surface area contributed by atoms with Crippen molar-refractivity contribution >= 4 is 28.3 Å². The zero-order valence-electron chi connectivity index (χ0n) is 14.4. The number of H-pyrrole nitrogens is 1. The van der Waals surface area contributed by atoms with Crippen LogP contribution in [0.15, 0.2) is 29.1 Å². The lowest BCUT2D eigenvalue weighted by molar-refractivity contribution is 0.395. The molecule has 0 atom stereocenters. The number of aromatic nitrogens is 3. The van der Waals surface area contributed by atoms with Gasteiger partial charge in [-0.1, -0.05) is 30.9 Å². The van der Waals surface area contributed by atoms with Gasteiger partial charge >= 0.3 is 0 Å². The van der Waals surface area contributed by atoms with Crippen LogP contribution in [-0.2, 0) is 0 Å². The molecule has 2 aromatic rings. The lowest BCUT2D eigenvalue weighted by atomic mass is 9.83. The Morgan fingerprint density at radius 3 is 2.41 bits per heavy atom. The lowest BCUT2D eigenvalue weighted by Gasteiger charge is -2.36. The van der Waals surface area contributed by atoms with E-state index >= 15 is 0 Å². The first-order valence-electron chi connectivity index (χ1n) is 8.78. The third-order valence-corrected chi connectivity index (χ3v) is 5.32. The Hall–Kier alpha value is -2.35. The van der Waals surface area contributed by atoms with Gasteiger partial charge in [0.15, 0.2) is 0 Å². The number of anilines is 1. The number of aromatic amines is 1. The van der Waals surface area contributed by atoms with Crippen LogP contribution >= 0.6 is 11.6 Å². The van der Waals surface area contributed by atoms with Gasteiger partial charge in [-0.15, -0.1) is 0 Å². The summed E-state index contributed by atoms with van der Waals surface area (Å²) in [4.78, 5) is 10.1. The highest BCUT2D eigenvalue weighted by atomic mass is 35.5. The Labute approximate surface area is 159 Å². The van der Waals surface area contributed by atoms with Gasteiger partial charge in [-0.05, 0) is 12.8 Å². The van der Waals surface area contributed by atoms with Crippen molar-refractivity contribution in [1.29, 1.82) is 0 Å². The molecule has 1 fully saturated rings. The van der Waals surface area contributed by atoms with Crippen LogP contribution in [0.25, 0.3) is 5.57 Å². The maximum Gasteiger partial charge on any atom is 0.226 e. The van der Waals surface area contributed by atoms with Crippen LogP contribution in [0.3, 0.4) is 0 Å². The van der Waals surface area contributed by atoms with Crippen LogP contribution in [-0.4, -0.2) is 27.0 Å². The molecule has 2 aliphatic rings. The minimum atomic E-state index is -1.01. The molecule has 1 N–H and O–H groups in total. The van der Waals surface area contributed by atoms with E-state index in [2.05, 4.69) is 20.2 Å². The molecular formula is C18H17ClF3N5. The van der Waals surface area contributed by atoms with Gasteiger partial charge in [0.05, 0.1) is 5.56 Å². The smallest absolute Gasteiger partial charge is 0.226 e. The topological polar surface area (TPSA) is 57.2 Å². The molecule has 1 aliphatic heterocycles. The number of halogens is 4. The van der Waals surface area contributed by atoms with E-state index in [4.69, 9.17) is 11.6 Å². The standard InChI is InChI=1S/C18H17ClF3N5/c19-17-15(14-12(21)6-11(20)7-13(14)22)16(10-4-2-1-3-5-10)27(9-24-17)18-23-8-25-26-18/h6-8,10H,1-5,9H2,(H,23,25,26). The van der Waals surface area contributed by atoms with Crippen molar-refractivity contribution in [3.63, 3.8) is 0 Å². The summed E-state index contributed by atoms with van der Waals surface area (Å²) in [7, 11) is 0. The van der Waals surface area contributed by atoms with E-state index in [1.807, 2.05) is 0 Å². The first kappa shape index (κ1) is 18.0. The van der Waals surface area contributed by atoms with E-state index in [0.29, 0.717) is 23.8 Å². The predicted octanol–water partition coefficient (Wildman–Crippen LogP) is 4.63. The zero-order chi connectivity index (χ0) is 19.0. The molecule has 0 bridgehead atoms. The number of allylic oxidation sites excluding steroid dienone is 2. The summed E-state index contributed by atoms with van der Waals surface area (Å²) < 4.78 is 42.6. The molecule has 0 amide bonds. The summed E-state index contributed by atoms with van der Waals surface area (Å²) in [6, 6.07) is 1.31. The van der Waals surface area contributed by atoms with E-state index < -0.39 is 17.5 Å². The van der Waals surface area contributed by atoms with E-state index in [-0.39, 0.29) is 28.9 Å². The summed E-state index contributed by atoms with van der Waals surface area (Å²) in [6.07, 6.45) is 6.20. The Balaban J connectivity index is 1.95.